The molecule has 1 amide bonds. The Hall–Kier alpha value is -2.89. The number of anilines is 1. The van der Waals surface area contributed by atoms with E-state index in [1.165, 1.54) is 0 Å². The van der Waals surface area contributed by atoms with Crippen molar-refractivity contribution in [3.8, 4) is 11.3 Å². The van der Waals surface area contributed by atoms with E-state index in [1.807, 2.05) is 51.1 Å². The van der Waals surface area contributed by atoms with Gasteiger partial charge in [0.05, 0.1) is 11.4 Å². The minimum Gasteiger partial charge on any atom is -0.351 e. The van der Waals surface area contributed by atoms with Crippen molar-refractivity contribution in [3.05, 3.63) is 53.4 Å². The van der Waals surface area contributed by atoms with Crippen molar-refractivity contribution in [1.29, 1.82) is 0 Å². The first-order chi connectivity index (χ1) is 11.5. The summed E-state index contributed by atoms with van der Waals surface area (Å²) in [6, 6.07) is 11.5. The summed E-state index contributed by atoms with van der Waals surface area (Å²) in [5.41, 5.74) is 3.51. The second-order valence-corrected chi connectivity index (χ2v) is 6.04. The molecular formula is C18H20N4O2. The number of amides is 1. The van der Waals surface area contributed by atoms with Crippen LogP contribution < -0.4 is 5.32 Å². The van der Waals surface area contributed by atoms with E-state index in [-0.39, 0.29) is 17.6 Å². The third-order valence-corrected chi connectivity index (χ3v) is 3.91. The molecule has 0 aliphatic carbocycles. The zero-order chi connectivity index (χ0) is 17.3. The van der Waals surface area contributed by atoms with Crippen LogP contribution >= 0.6 is 0 Å². The molecule has 0 saturated heterocycles. The molecule has 6 nitrogen and oxygen atoms in total. The molecule has 124 valence electrons. The summed E-state index contributed by atoms with van der Waals surface area (Å²) in [6.07, 6.45) is 0. The molecule has 3 aromatic rings. The predicted octanol–water partition coefficient (Wildman–Crippen LogP) is 3.76. The maximum Gasteiger partial charge on any atom is 0.295 e. The van der Waals surface area contributed by atoms with Crippen molar-refractivity contribution in [1.82, 2.24) is 14.9 Å². The summed E-state index contributed by atoms with van der Waals surface area (Å²) < 4.78 is 6.80. The molecule has 0 radical (unpaired) electrons. The van der Waals surface area contributed by atoms with Crippen LogP contribution in [0.4, 0.5) is 5.82 Å². The summed E-state index contributed by atoms with van der Waals surface area (Å²) in [6.45, 7) is 5.93. The van der Waals surface area contributed by atoms with Crippen LogP contribution in [-0.2, 0) is 7.05 Å². The van der Waals surface area contributed by atoms with Crippen LogP contribution in [0.2, 0.25) is 0 Å². The number of nitrogens with one attached hydrogen (secondary N) is 1. The molecule has 6 heteroatoms. The van der Waals surface area contributed by atoms with Crippen LogP contribution in [0.25, 0.3) is 11.3 Å². The number of carbonyl (C=O) groups excluding carboxylic acids is 1. The van der Waals surface area contributed by atoms with E-state index in [0.29, 0.717) is 5.82 Å². The second-order valence-electron chi connectivity index (χ2n) is 6.04. The second kappa shape index (κ2) is 6.31. The lowest BCUT2D eigenvalue weighted by Crippen LogP contribution is -2.14. The lowest BCUT2D eigenvalue weighted by Gasteiger charge is -2.04. The summed E-state index contributed by atoms with van der Waals surface area (Å²) in [5.74, 6) is 0.709. The lowest BCUT2D eigenvalue weighted by atomic mass is 10.1. The molecule has 0 aliphatic rings. The van der Waals surface area contributed by atoms with Gasteiger partial charge in [0.1, 0.15) is 5.82 Å². The van der Waals surface area contributed by atoms with Crippen LogP contribution in [0.1, 0.15) is 41.6 Å². The van der Waals surface area contributed by atoms with E-state index < -0.39 is 0 Å². The van der Waals surface area contributed by atoms with Gasteiger partial charge >= 0.3 is 0 Å². The van der Waals surface area contributed by atoms with Crippen molar-refractivity contribution < 1.29 is 9.32 Å². The van der Waals surface area contributed by atoms with Gasteiger partial charge in [-0.15, -0.1) is 0 Å². The molecule has 0 bridgehead atoms. The van der Waals surface area contributed by atoms with E-state index in [9.17, 15) is 4.79 Å². The molecule has 0 aliphatic heterocycles. The highest BCUT2D eigenvalue weighted by Gasteiger charge is 2.20. The summed E-state index contributed by atoms with van der Waals surface area (Å²) in [7, 11) is 1.80. The largest absolute Gasteiger partial charge is 0.351 e. The number of hydrogen-bond donors (Lipinski definition) is 1. The zero-order valence-corrected chi connectivity index (χ0v) is 14.2. The number of aryl methyl sites for hydroxylation is 1. The molecule has 2 heterocycles. The highest BCUT2D eigenvalue weighted by atomic mass is 16.5. The van der Waals surface area contributed by atoms with Gasteiger partial charge in [0.25, 0.3) is 5.91 Å². The highest BCUT2D eigenvalue weighted by molar-refractivity contribution is 6.02. The Morgan fingerprint density at radius 3 is 2.58 bits per heavy atom. The van der Waals surface area contributed by atoms with Crippen LogP contribution in [0.15, 0.2) is 40.9 Å². The summed E-state index contributed by atoms with van der Waals surface area (Å²) >= 11 is 0. The van der Waals surface area contributed by atoms with Crippen LogP contribution in [0.5, 0.6) is 0 Å². The first-order valence-electron chi connectivity index (χ1n) is 7.84. The number of nitrogens with zero attached hydrogens (tertiary/aromatic N) is 3. The molecule has 0 saturated carbocycles. The molecule has 0 atom stereocenters. The monoisotopic (exact) mass is 324 g/mol. The number of benzene rings is 1. The van der Waals surface area contributed by atoms with Crippen molar-refractivity contribution in [2.24, 2.45) is 7.05 Å². The van der Waals surface area contributed by atoms with E-state index in [4.69, 9.17) is 4.52 Å². The van der Waals surface area contributed by atoms with Crippen LogP contribution in [-0.4, -0.2) is 20.8 Å². The van der Waals surface area contributed by atoms with Crippen molar-refractivity contribution in [2.75, 3.05) is 5.32 Å². The molecule has 1 N–H and O–H groups in total. The minimum absolute atomic E-state index is 0.195. The average molecular weight is 324 g/mol. The van der Waals surface area contributed by atoms with Crippen molar-refractivity contribution in [3.63, 3.8) is 0 Å². The van der Waals surface area contributed by atoms with Gasteiger partial charge in [-0.25, -0.2) is 0 Å². The zero-order valence-electron chi connectivity index (χ0n) is 14.2. The van der Waals surface area contributed by atoms with E-state index in [2.05, 4.69) is 15.6 Å². The Balaban J connectivity index is 1.87. The number of aromatic nitrogens is 3. The molecule has 1 aromatic carbocycles. The number of hydrogen-bond acceptors (Lipinski definition) is 4. The number of rotatable bonds is 4. The molecule has 2 aromatic heterocycles. The predicted molar refractivity (Wildman–Crippen MR) is 91.9 cm³/mol. The SMILES string of the molecule is Cc1c(-c2ccccc2)nn(C)c1NC(=O)c1cc(C(C)C)no1. The summed E-state index contributed by atoms with van der Waals surface area (Å²) in [5, 5.41) is 11.3. The smallest absolute Gasteiger partial charge is 0.295 e. The molecular weight excluding hydrogens is 304 g/mol. The van der Waals surface area contributed by atoms with Crippen molar-refractivity contribution >= 4 is 11.7 Å². The van der Waals surface area contributed by atoms with Gasteiger partial charge < -0.3 is 9.84 Å². The fraction of sp³-hybridized carbons (Fsp3) is 0.278. The third-order valence-electron chi connectivity index (χ3n) is 3.91. The first-order valence-corrected chi connectivity index (χ1v) is 7.84. The van der Waals surface area contributed by atoms with Gasteiger partial charge in [-0.3, -0.25) is 9.48 Å². The maximum absolute atomic E-state index is 12.4. The summed E-state index contributed by atoms with van der Waals surface area (Å²) in [4.78, 5) is 12.4. The topological polar surface area (TPSA) is 73.0 Å². The van der Waals surface area contributed by atoms with Crippen molar-refractivity contribution in [2.45, 2.75) is 26.7 Å². The lowest BCUT2D eigenvalue weighted by molar-refractivity contribution is 0.0986. The van der Waals surface area contributed by atoms with Gasteiger partial charge in [0, 0.05) is 24.2 Å². The van der Waals surface area contributed by atoms with Gasteiger partial charge in [0.2, 0.25) is 5.76 Å². The minimum atomic E-state index is -0.333. The Bertz CT molecular complexity index is 863. The number of carbonyl (C=O) groups is 1. The molecule has 0 fully saturated rings. The molecule has 24 heavy (non-hydrogen) atoms. The normalized spacial score (nSPS) is 11.0. The Morgan fingerprint density at radius 2 is 1.96 bits per heavy atom. The van der Waals surface area contributed by atoms with Crippen LogP contribution in [0, 0.1) is 6.92 Å². The van der Waals surface area contributed by atoms with E-state index >= 15 is 0 Å². The van der Waals surface area contributed by atoms with Gasteiger partial charge in [-0.2, -0.15) is 5.10 Å². The average Bonchev–Trinajstić information content (AvgIpc) is 3.16. The maximum atomic E-state index is 12.4. The van der Waals surface area contributed by atoms with Crippen LogP contribution in [0.3, 0.4) is 0 Å². The van der Waals surface area contributed by atoms with Gasteiger partial charge in [-0.05, 0) is 12.8 Å². The molecule has 0 spiro atoms. The Labute approximate surface area is 140 Å². The fourth-order valence-corrected chi connectivity index (χ4v) is 2.51. The molecule has 0 unspecified atom stereocenters. The Kier molecular flexibility index (Phi) is 4.20. The Morgan fingerprint density at radius 1 is 1.25 bits per heavy atom. The van der Waals surface area contributed by atoms with E-state index in [0.717, 1.165) is 22.5 Å². The first kappa shape index (κ1) is 16.0. The quantitative estimate of drug-likeness (QED) is 0.793. The highest BCUT2D eigenvalue weighted by Crippen LogP contribution is 2.27. The fourth-order valence-electron chi connectivity index (χ4n) is 2.51. The van der Waals surface area contributed by atoms with Gasteiger partial charge in [-0.1, -0.05) is 49.3 Å². The third kappa shape index (κ3) is 2.95. The van der Waals surface area contributed by atoms with E-state index in [1.54, 1.807) is 17.8 Å². The standard InChI is InChI=1S/C18H20N4O2/c1-11(2)14-10-15(24-21-14)18(23)19-17-12(3)16(20-22(17)4)13-8-6-5-7-9-13/h5-11H,1-4H3,(H,19,23). The molecule has 3 rings (SSSR count). The van der Waals surface area contributed by atoms with Gasteiger partial charge in [0.15, 0.2) is 0 Å².